The van der Waals surface area contributed by atoms with Crippen LogP contribution in [0.25, 0.3) is 0 Å². The third-order valence-corrected chi connectivity index (χ3v) is 4.93. The Hall–Kier alpha value is -2.27. The van der Waals surface area contributed by atoms with Gasteiger partial charge in [-0.2, -0.15) is 0 Å². The number of ether oxygens (including phenoxy) is 1. The summed E-state index contributed by atoms with van der Waals surface area (Å²) in [5.74, 6) is -0.347. The lowest BCUT2D eigenvalue weighted by Gasteiger charge is -2.23. The number of esters is 1. The first-order chi connectivity index (χ1) is 13.5. The molecule has 0 aliphatic carbocycles. The molecule has 0 aliphatic rings. The number of carbonyl (C=O) groups excluding carboxylic acids is 2. The van der Waals surface area contributed by atoms with Crippen LogP contribution in [0.4, 0.5) is 0 Å². The van der Waals surface area contributed by atoms with Crippen molar-refractivity contribution < 1.29 is 14.3 Å². The predicted octanol–water partition coefficient (Wildman–Crippen LogP) is 4.66. The van der Waals surface area contributed by atoms with Crippen molar-refractivity contribution in [1.29, 1.82) is 0 Å². The molecule has 0 bridgehead atoms. The first-order valence-electron chi connectivity index (χ1n) is 9.86. The summed E-state index contributed by atoms with van der Waals surface area (Å²) in [6.07, 6.45) is 4.22. The molecule has 1 aromatic heterocycles. The standard InChI is InChI=1S/C22H29ClN2O3/c1-3-5-14-25(21(26)12-13-22(27)28-4-2)17-19-10-8-15-24(19)16-18-9-6-7-11-20(18)23/h6-11,15H,3-5,12-14,16-17H2,1-2H3. The minimum Gasteiger partial charge on any atom is -0.466 e. The van der Waals surface area contributed by atoms with Crippen molar-refractivity contribution in [3.8, 4) is 0 Å². The van der Waals surface area contributed by atoms with Gasteiger partial charge in [-0.1, -0.05) is 43.1 Å². The molecular weight excluding hydrogens is 376 g/mol. The number of hydrogen-bond donors (Lipinski definition) is 0. The Morgan fingerprint density at radius 1 is 1.11 bits per heavy atom. The van der Waals surface area contributed by atoms with Crippen molar-refractivity contribution in [2.24, 2.45) is 0 Å². The number of unbranched alkanes of at least 4 members (excludes halogenated alkanes) is 1. The molecule has 0 unspecified atom stereocenters. The van der Waals surface area contributed by atoms with E-state index in [1.807, 2.05) is 47.5 Å². The van der Waals surface area contributed by atoms with E-state index in [1.54, 1.807) is 6.92 Å². The second-order valence-electron chi connectivity index (χ2n) is 6.69. The highest BCUT2D eigenvalue weighted by Crippen LogP contribution is 2.18. The maximum Gasteiger partial charge on any atom is 0.306 e. The van der Waals surface area contributed by atoms with Crippen molar-refractivity contribution in [3.05, 3.63) is 58.9 Å². The Bertz CT molecular complexity index is 773. The van der Waals surface area contributed by atoms with E-state index in [4.69, 9.17) is 16.3 Å². The van der Waals surface area contributed by atoms with E-state index in [9.17, 15) is 9.59 Å². The molecule has 2 rings (SSSR count). The summed E-state index contributed by atoms with van der Waals surface area (Å²) in [5.41, 5.74) is 2.08. The van der Waals surface area contributed by atoms with Gasteiger partial charge in [-0.15, -0.1) is 0 Å². The number of benzene rings is 1. The van der Waals surface area contributed by atoms with Crippen LogP contribution in [0.1, 0.15) is 50.8 Å². The Labute approximate surface area is 172 Å². The Morgan fingerprint density at radius 3 is 2.61 bits per heavy atom. The van der Waals surface area contributed by atoms with Crippen LogP contribution in [-0.4, -0.2) is 34.5 Å². The van der Waals surface area contributed by atoms with Crippen molar-refractivity contribution in [2.75, 3.05) is 13.2 Å². The number of amides is 1. The maximum atomic E-state index is 12.7. The lowest BCUT2D eigenvalue weighted by molar-refractivity contribution is -0.145. The van der Waals surface area contributed by atoms with E-state index in [0.29, 0.717) is 26.2 Å². The summed E-state index contributed by atoms with van der Waals surface area (Å²) in [4.78, 5) is 26.1. The molecule has 0 spiro atoms. The molecule has 0 fully saturated rings. The van der Waals surface area contributed by atoms with Crippen LogP contribution >= 0.6 is 11.6 Å². The van der Waals surface area contributed by atoms with Gasteiger partial charge < -0.3 is 14.2 Å². The largest absolute Gasteiger partial charge is 0.466 e. The second-order valence-corrected chi connectivity index (χ2v) is 7.10. The molecule has 1 amide bonds. The lowest BCUT2D eigenvalue weighted by atomic mass is 10.2. The average molecular weight is 405 g/mol. The minimum absolute atomic E-state index is 0.0213. The third-order valence-electron chi connectivity index (χ3n) is 4.56. The van der Waals surface area contributed by atoms with Gasteiger partial charge in [0.2, 0.25) is 5.91 Å². The van der Waals surface area contributed by atoms with Crippen molar-refractivity contribution in [3.63, 3.8) is 0 Å². The lowest BCUT2D eigenvalue weighted by Crippen LogP contribution is -2.32. The summed E-state index contributed by atoms with van der Waals surface area (Å²) < 4.78 is 7.04. The molecule has 5 nitrogen and oxygen atoms in total. The number of aromatic nitrogens is 1. The Morgan fingerprint density at radius 2 is 1.89 bits per heavy atom. The van der Waals surface area contributed by atoms with Crippen LogP contribution < -0.4 is 0 Å². The quantitative estimate of drug-likeness (QED) is 0.512. The number of hydrogen-bond acceptors (Lipinski definition) is 3. The van der Waals surface area contributed by atoms with E-state index in [0.717, 1.165) is 29.1 Å². The topological polar surface area (TPSA) is 51.5 Å². The highest BCUT2D eigenvalue weighted by Gasteiger charge is 2.17. The number of nitrogens with zero attached hydrogens (tertiary/aromatic N) is 2. The minimum atomic E-state index is -0.326. The Balaban J connectivity index is 2.06. The van der Waals surface area contributed by atoms with Gasteiger partial charge in [-0.3, -0.25) is 9.59 Å². The maximum absolute atomic E-state index is 12.7. The molecule has 152 valence electrons. The molecule has 1 heterocycles. The monoisotopic (exact) mass is 404 g/mol. The highest BCUT2D eigenvalue weighted by molar-refractivity contribution is 6.31. The molecule has 0 N–H and O–H groups in total. The predicted molar refractivity (Wildman–Crippen MR) is 111 cm³/mol. The summed E-state index contributed by atoms with van der Waals surface area (Å²) >= 11 is 6.29. The van der Waals surface area contributed by atoms with Gasteiger partial charge in [0.05, 0.1) is 19.6 Å². The molecule has 0 aliphatic heterocycles. The molecule has 0 radical (unpaired) electrons. The van der Waals surface area contributed by atoms with Crippen LogP contribution in [0.3, 0.4) is 0 Å². The van der Waals surface area contributed by atoms with E-state index in [-0.39, 0.29) is 24.7 Å². The van der Waals surface area contributed by atoms with Gasteiger partial charge in [0.25, 0.3) is 0 Å². The van der Waals surface area contributed by atoms with E-state index in [1.165, 1.54) is 0 Å². The van der Waals surface area contributed by atoms with E-state index in [2.05, 4.69) is 11.5 Å². The van der Waals surface area contributed by atoms with Gasteiger partial charge in [0.1, 0.15) is 0 Å². The molecule has 28 heavy (non-hydrogen) atoms. The molecule has 6 heteroatoms. The van der Waals surface area contributed by atoms with Gasteiger partial charge >= 0.3 is 5.97 Å². The molecular formula is C22H29ClN2O3. The number of carbonyl (C=O) groups is 2. The summed E-state index contributed by atoms with van der Waals surface area (Å²) in [6.45, 7) is 6.04. The number of halogens is 1. The van der Waals surface area contributed by atoms with Gasteiger partial charge in [-0.25, -0.2) is 0 Å². The van der Waals surface area contributed by atoms with E-state index >= 15 is 0 Å². The average Bonchev–Trinajstić information content (AvgIpc) is 3.12. The fourth-order valence-corrected chi connectivity index (χ4v) is 3.19. The fraction of sp³-hybridized carbons (Fsp3) is 0.455. The van der Waals surface area contributed by atoms with Crippen LogP contribution in [0.2, 0.25) is 5.02 Å². The van der Waals surface area contributed by atoms with Gasteiger partial charge in [0.15, 0.2) is 0 Å². The summed E-state index contributed by atoms with van der Waals surface area (Å²) in [6, 6.07) is 11.8. The van der Waals surface area contributed by atoms with Crippen LogP contribution in [0, 0.1) is 0 Å². The number of rotatable bonds is 11. The SMILES string of the molecule is CCCCN(Cc1cccn1Cc1ccccc1Cl)C(=O)CCC(=O)OCC. The molecule has 0 saturated carbocycles. The molecule has 0 saturated heterocycles. The zero-order chi connectivity index (χ0) is 20.4. The van der Waals surface area contributed by atoms with E-state index < -0.39 is 0 Å². The van der Waals surface area contributed by atoms with Crippen LogP contribution in [0.15, 0.2) is 42.6 Å². The highest BCUT2D eigenvalue weighted by atomic mass is 35.5. The zero-order valence-corrected chi connectivity index (χ0v) is 17.5. The molecule has 2 aromatic rings. The van der Waals surface area contributed by atoms with Crippen molar-refractivity contribution in [1.82, 2.24) is 9.47 Å². The van der Waals surface area contributed by atoms with Gasteiger partial charge in [0, 0.05) is 36.4 Å². The molecule has 0 atom stereocenters. The van der Waals surface area contributed by atoms with Crippen molar-refractivity contribution >= 4 is 23.5 Å². The third kappa shape index (κ3) is 6.71. The van der Waals surface area contributed by atoms with Crippen LogP contribution in [0.5, 0.6) is 0 Å². The summed E-state index contributed by atoms with van der Waals surface area (Å²) in [5, 5.41) is 0.732. The van der Waals surface area contributed by atoms with Crippen LogP contribution in [-0.2, 0) is 27.4 Å². The second kappa shape index (κ2) is 11.5. The Kier molecular flexibility index (Phi) is 9.08. The summed E-state index contributed by atoms with van der Waals surface area (Å²) in [7, 11) is 0. The normalized spacial score (nSPS) is 10.7. The fourth-order valence-electron chi connectivity index (χ4n) is 2.99. The first kappa shape index (κ1) is 22.0. The van der Waals surface area contributed by atoms with Gasteiger partial charge in [-0.05, 0) is 37.1 Å². The molecule has 1 aromatic carbocycles. The zero-order valence-electron chi connectivity index (χ0n) is 16.7. The van der Waals surface area contributed by atoms with Crippen molar-refractivity contribution in [2.45, 2.75) is 52.6 Å². The smallest absolute Gasteiger partial charge is 0.306 e. The first-order valence-corrected chi connectivity index (χ1v) is 10.2.